The fourth-order valence-electron chi connectivity index (χ4n) is 3.49. The topological polar surface area (TPSA) is 79.6 Å². The van der Waals surface area contributed by atoms with Crippen molar-refractivity contribution in [1.82, 2.24) is 24.8 Å². The summed E-state index contributed by atoms with van der Waals surface area (Å²) in [6.45, 7) is 3.29. The monoisotopic (exact) mass is 409 g/mol. The number of benzene rings is 1. The van der Waals surface area contributed by atoms with E-state index in [9.17, 15) is 9.59 Å². The fraction of sp³-hybridized carbons (Fsp3) is 0.429. The van der Waals surface area contributed by atoms with E-state index in [0.717, 1.165) is 35.7 Å². The Labute approximate surface area is 172 Å². The number of hydrogen-bond acceptors (Lipinski definition) is 6. The van der Waals surface area contributed by atoms with Gasteiger partial charge in [-0.3, -0.25) is 14.5 Å². The molecule has 0 atom stereocenters. The van der Waals surface area contributed by atoms with Gasteiger partial charge in [-0.25, -0.2) is 4.98 Å². The predicted octanol–water partition coefficient (Wildman–Crippen LogP) is 2.52. The first-order chi connectivity index (χ1) is 14.0. The highest BCUT2D eigenvalue weighted by Crippen LogP contribution is 2.29. The van der Waals surface area contributed by atoms with Gasteiger partial charge in [-0.15, -0.1) is 0 Å². The minimum Gasteiger partial charge on any atom is -0.349 e. The number of amides is 1. The smallest absolute Gasteiger partial charge is 0.275 e. The first-order valence-electron chi connectivity index (χ1n) is 10.1. The van der Waals surface area contributed by atoms with E-state index < -0.39 is 0 Å². The van der Waals surface area contributed by atoms with Crippen LogP contribution in [0.2, 0.25) is 0 Å². The van der Waals surface area contributed by atoms with Crippen LogP contribution in [0, 0.1) is 6.92 Å². The first kappa shape index (κ1) is 18.4. The number of fused-ring (bicyclic) bond motifs is 1. The molecule has 2 fully saturated rings. The molecule has 1 N–H and O–H groups in total. The molecule has 0 saturated heterocycles. The van der Waals surface area contributed by atoms with Crippen molar-refractivity contribution >= 4 is 22.2 Å². The average molecular weight is 410 g/mol. The molecule has 2 aliphatic carbocycles. The van der Waals surface area contributed by atoms with Crippen LogP contribution in [0.3, 0.4) is 0 Å². The molecule has 0 unspecified atom stereocenters. The van der Waals surface area contributed by atoms with Gasteiger partial charge in [-0.05, 0) is 50.3 Å². The summed E-state index contributed by atoms with van der Waals surface area (Å²) < 4.78 is 1.37. The molecule has 2 heterocycles. The fourth-order valence-corrected chi connectivity index (χ4v) is 4.25. The summed E-state index contributed by atoms with van der Waals surface area (Å²) >= 11 is 1.43. The molecule has 8 heteroatoms. The normalized spacial score (nSPS) is 16.5. The molecule has 0 spiro atoms. The first-order valence-corrected chi connectivity index (χ1v) is 10.9. The molecular formula is C21H23N5O2S. The van der Waals surface area contributed by atoms with Crippen LogP contribution in [0.25, 0.3) is 4.96 Å². The Kier molecular flexibility index (Phi) is 4.67. The van der Waals surface area contributed by atoms with Gasteiger partial charge in [-0.2, -0.15) is 9.61 Å². The molecule has 2 aliphatic rings. The number of carbonyl (C=O) groups is 1. The quantitative estimate of drug-likeness (QED) is 0.649. The van der Waals surface area contributed by atoms with E-state index in [4.69, 9.17) is 0 Å². The zero-order chi connectivity index (χ0) is 20.0. The molecule has 150 valence electrons. The second-order valence-electron chi connectivity index (χ2n) is 7.98. The Balaban J connectivity index is 1.30. The van der Waals surface area contributed by atoms with Crippen molar-refractivity contribution < 1.29 is 4.79 Å². The lowest BCUT2D eigenvalue weighted by atomic mass is 10.1. The summed E-state index contributed by atoms with van der Waals surface area (Å²) in [6, 6.07) is 10.3. The summed E-state index contributed by atoms with van der Waals surface area (Å²) in [5.41, 5.74) is 2.52. The van der Waals surface area contributed by atoms with Crippen molar-refractivity contribution in [3.8, 4) is 0 Å². The van der Waals surface area contributed by atoms with Crippen LogP contribution in [0.15, 0.2) is 35.1 Å². The van der Waals surface area contributed by atoms with Crippen molar-refractivity contribution in [2.45, 2.75) is 57.8 Å². The Hall–Kier alpha value is -2.58. The summed E-state index contributed by atoms with van der Waals surface area (Å²) in [5, 5.41) is 8.06. The van der Waals surface area contributed by atoms with Crippen LogP contribution in [0.4, 0.5) is 0 Å². The lowest BCUT2D eigenvalue weighted by Crippen LogP contribution is -2.27. The molecule has 7 nitrogen and oxygen atoms in total. The molecule has 0 radical (unpaired) electrons. The summed E-state index contributed by atoms with van der Waals surface area (Å²) in [7, 11) is 0. The highest BCUT2D eigenvalue weighted by Gasteiger charge is 2.29. The van der Waals surface area contributed by atoms with Crippen LogP contribution >= 0.6 is 11.3 Å². The number of hydrogen-bond donors (Lipinski definition) is 1. The molecule has 1 amide bonds. The maximum atomic E-state index is 12.3. The van der Waals surface area contributed by atoms with Crippen LogP contribution in [-0.4, -0.2) is 37.5 Å². The van der Waals surface area contributed by atoms with E-state index in [1.807, 2.05) is 31.2 Å². The Morgan fingerprint density at radius 2 is 1.97 bits per heavy atom. The standard InChI is InChI=1S/C21H23N5O2S/c1-13-24-26-19(27)10-17(23-21(26)29-13)12-25(18-8-9-18)11-14-2-4-15(5-3-14)20(28)22-16-6-7-16/h2-5,10,16,18H,6-9,11-12H2,1H3,(H,22,28). The lowest BCUT2D eigenvalue weighted by Gasteiger charge is -2.21. The van der Waals surface area contributed by atoms with E-state index in [0.29, 0.717) is 29.2 Å². The number of aryl methyl sites for hydroxylation is 1. The minimum atomic E-state index is -0.129. The SMILES string of the molecule is Cc1nn2c(=O)cc(CN(Cc3ccc(C(=O)NC4CC4)cc3)C3CC3)nc2s1. The maximum Gasteiger partial charge on any atom is 0.275 e. The third-order valence-electron chi connectivity index (χ3n) is 5.34. The van der Waals surface area contributed by atoms with Gasteiger partial charge in [0.2, 0.25) is 4.96 Å². The summed E-state index contributed by atoms with van der Waals surface area (Å²) in [4.78, 5) is 32.1. The second-order valence-corrected chi connectivity index (χ2v) is 9.14. The van der Waals surface area contributed by atoms with Crippen molar-refractivity contribution in [2.75, 3.05) is 0 Å². The Morgan fingerprint density at radius 3 is 2.66 bits per heavy atom. The minimum absolute atomic E-state index is 0.0101. The van der Waals surface area contributed by atoms with Crippen molar-refractivity contribution in [2.24, 2.45) is 0 Å². The molecular weight excluding hydrogens is 386 g/mol. The molecule has 2 aromatic heterocycles. The molecule has 29 heavy (non-hydrogen) atoms. The van der Waals surface area contributed by atoms with Crippen LogP contribution in [0.1, 0.15) is 52.3 Å². The maximum absolute atomic E-state index is 12.3. The zero-order valence-electron chi connectivity index (χ0n) is 16.3. The van der Waals surface area contributed by atoms with E-state index >= 15 is 0 Å². The van der Waals surface area contributed by atoms with E-state index in [1.54, 1.807) is 6.07 Å². The van der Waals surface area contributed by atoms with Crippen LogP contribution in [0.5, 0.6) is 0 Å². The number of aromatic nitrogens is 3. The third-order valence-corrected chi connectivity index (χ3v) is 6.17. The van der Waals surface area contributed by atoms with Gasteiger partial charge in [0.05, 0.1) is 5.69 Å². The van der Waals surface area contributed by atoms with Gasteiger partial charge in [0.15, 0.2) is 0 Å². The van der Waals surface area contributed by atoms with Gasteiger partial charge in [0.25, 0.3) is 11.5 Å². The molecule has 0 aliphatic heterocycles. The average Bonchev–Trinajstić information content (AvgIpc) is 3.61. The predicted molar refractivity (Wildman–Crippen MR) is 111 cm³/mol. The second kappa shape index (κ2) is 7.35. The summed E-state index contributed by atoms with van der Waals surface area (Å²) in [5.74, 6) is 0.0101. The number of carbonyl (C=O) groups excluding carboxylic acids is 1. The molecule has 2 saturated carbocycles. The Bertz CT molecular complexity index is 1110. The van der Waals surface area contributed by atoms with Crippen molar-refractivity contribution in [3.05, 3.63) is 62.5 Å². The number of nitrogens with zero attached hydrogens (tertiary/aromatic N) is 4. The third kappa shape index (κ3) is 4.23. The van der Waals surface area contributed by atoms with Crippen molar-refractivity contribution in [1.29, 1.82) is 0 Å². The van der Waals surface area contributed by atoms with Gasteiger partial charge in [0.1, 0.15) is 5.01 Å². The highest BCUT2D eigenvalue weighted by molar-refractivity contribution is 7.16. The summed E-state index contributed by atoms with van der Waals surface area (Å²) in [6.07, 6.45) is 4.51. The van der Waals surface area contributed by atoms with Crippen LogP contribution in [-0.2, 0) is 13.1 Å². The van der Waals surface area contributed by atoms with E-state index in [-0.39, 0.29) is 11.5 Å². The van der Waals surface area contributed by atoms with Gasteiger partial charge in [-0.1, -0.05) is 23.5 Å². The number of nitrogens with one attached hydrogen (secondary N) is 1. The van der Waals surface area contributed by atoms with Gasteiger partial charge in [0, 0.05) is 36.8 Å². The zero-order valence-corrected chi connectivity index (χ0v) is 17.1. The van der Waals surface area contributed by atoms with E-state index in [2.05, 4.69) is 20.3 Å². The molecule has 1 aromatic carbocycles. The lowest BCUT2D eigenvalue weighted by molar-refractivity contribution is 0.0951. The Morgan fingerprint density at radius 1 is 1.21 bits per heavy atom. The molecule has 5 rings (SSSR count). The highest BCUT2D eigenvalue weighted by atomic mass is 32.1. The van der Waals surface area contributed by atoms with Crippen LogP contribution < -0.4 is 10.9 Å². The molecule has 3 aromatic rings. The van der Waals surface area contributed by atoms with Gasteiger partial charge < -0.3 is 5.32 Å². The number of rotatable bonds is 7. The van der Waals surface area contributed by atoms with Gasteiger partial charge >= 0.3 is 0 Å². The van der Waals surface area contributed by atoms with Crippen molar-refractivity contribution in [3.63, 3.8) is 0 Å². The molecule has 0 bridgehead atoms. The van der Waals surface area contributed by atoms with E-state index in [1.165, 1.54) is 28.7 Å². The largest absolute Gasteiger partial charge is 0.349 e.